The fourth-order valence-electron chi connectivity index (χ4n) is 21.4. The van der Waals surface area contributed by atoms with Gasteiger partial charge in [0.25, 0.3) is 0 Å². The number of hydrogen-bond acceptors (Lipinski definition) is 20. The lowest BCUT2D eigenvalue weighted by molar-refractivity contribution is 0.121. The van der Waals surface area contributed by atoms with Crippen molar-refractivity contribution in [3.05, 3.63) is 238 Å². The molecule has 6 aliphatic heterocycles. The van der Waals surface area contributed by atoms with Crippen molar-refractivity contribution in [3.63, 3.8) is 0 Å². The fraction of sp³-hybridized carbons (Fsp3) is 0.491. The van der Waals surface area contributed by atoms with Gasteiger partial charge in [0, 0.05) is 162 Å². The van der Waals surface area contributed by atoms with Gasteiger partial charge in [0.2, 0.25) is 0 Å². The summed E-state index contributed by atoms with van der Waals surface area (Å²) >= 11 is 0. The molecule has 0 bridgehead atoms. The highest BCUT2D eigenvalue weighted by molar-refractivity contribution is 5.95. The number of methoxy groups -OCH3 is 4. The van der Waals surface area contributed by atoms with Crippen molar-refractivity contribution >= 4 is 78.3 Å². The second-order valence-corrected chi connectivity index (χ2v) is 39.2. The monoisotopic (exact) mass is 1750 g/mol. The second-order valence-electron chi connectivity index (χ2n) is 39.2. The van der Waals surface area contributed by atoms with E-state index in [0.717, 1.165) is 217 Å². The summed E-state index contributed by atoms with van der Waals surface area (Å²) in [4.78, 5) is 60.0. The van der Waals surface area contributed by atoms with E-state index in [1.54, 1.807) is 14.2 Å². The van der Waals surface area contributed by atoms with Crippen molar-refractivity contribution in [2.75, 3.05) is 164 Å². The molecule has 4 aromatic heterocycles. The molecule has 2 atom stereocenters. The number of para-hydroxylation sites is 2. The van der Waals surface area contributed by atoms with Gasteiger partial charge >= 0.3 is 0 Å². The van der Waals surface area contributed by atoms with Crippen LogP contribution < -0.4 is 38.9 Å². The first-order chi connectivity index (χ1) is 63.7. The topological polar surface area (TPSA) is 166 Å². The van der Waals surface area contributed by atoms with E-state index < -0.39 is 0 Å². The lowest BCUT2D eigenvalue weighted by Crippen LogP contribution is -2.34. The Hall–Kier alpha value is -10.6. The van der Waals surface area contributed by atoms with Crippen molar-refractivity contribution < 1.29 is 18.9 Å². The Kier molecular flexibility index (Phi) is 27.4. The normalized spacial score (nSPS) is 19.6. The molecule has 10 fully saturated rings. The Morgan fingerprint density at radius 3 is 0.915 bits per heavy atom. The van der Waals surface area contributed by atoms with Gasteiger partial charge in [-0.2, -0.15) is 0 Å². The third-order valence-corrected chi connectivity index (χ3v) is 29.5. The van der Waals surface area contributed by atoms with Crippen molar-refractivity contribution in [2.45, 2.75) is 215 Å². The van der Waals surface area contributed by atoms with Crippen LogP contribution in [0.5, 0.6) is 11.5 Å². The molecule has 130 heavy (non-hydrogen) atoms. The minimum absolute atomic E-state index is 0.328. The molecule has 12 aromatic rings. The summed E-state index contributed by atoms with van der Waals surface area (Å²) in [5.41, 5.74) is 18.1. The van der Waals surface area contributed by atoms with Gasteiger partial charge in [-0.25, -0.2) is 39.9 Å². The second kappa shape index (κ2) is 40.2. The SMILES string of the molecule is CCCN(C)Cc1ccc2nc(C3CC3)nc(N3CCC(c4ccccc4OC)CC3)c2c1.CO[C@@H]1CCN(c2ccc3nc(C4CC4)nc(N4CCC(c5ccccc5C)CC4)c3c2)C1.CO[C@H]1CCN(c2ccc3nc(C4CC4)nc(N4CCC(c5ccccc5C)CC4)c3c2)C1.COc1ccccc1C1CCN(c2nc(C3CC3)nc3ccc(CN(C)C)cc23)CC1. The Balaban J connectivity index is 0.000000112. The number of hydrogen-bond donors (Lipinski definition) is 0. The molecule has 20 heteroatoms. The molecule has 10 aliphatic rings. The summed E-state index contributed by atoms with van der Waals surface area (Å²) in [6.45, 7) is 22.0. The molecule has 20 nitrogen and oxygen atoms in total. The molecule has 680 valence electrons. The maximum Gasteiger partial charge on any atom is 0.140 e. The van der Waals surface area contributed by atoms with Crippen LogP contribution in [0.2, 0.25) is 0 Å². The maximum atomic E-state index is 5.64. The van der Waals surface area contributed by atoms with Crippen LogP contribution in [-0.4, -0.2) is 197 Å². The first-order valence-corrected chi connectivity index (χ1v) is 49.2. The van der Waals surface area contributed by atoms with E-state index in [1.807, 2.05) is 14.2 Å². The number of piperidine rings is 4. The van der Waals surface area contributed by atoms with Crippen molar-refractivity contribution in [3.8, 4) is 11.5 Å². The average molecular weight is 1750 g/mol. The van der Waals surface area contributed by atoms with E-state index in [-0.39, 0.29) is 0 Å². The van der Waals surface area contributed by atoms with Crippen molar-refractivity contribution in [1.82, 2.24) is 49.7 Å². The number of rotatable bonds is 24. The van der Waals surface area contributed by atoms with Gasteiger partial charge in [-0.1, -0.05) is 104 Å². The van der Waals surface area contributed by atoms with E-state index in [2.05, 4.69) is 251 Å². The van der Waals surface area contributed by atoms with Crippen LogP contribution in [0.1, 0.15) is 244 Å². The van der Waals surface area contributed by atoms with Crippen LogP contribution in [0, 0.1) is 13.8 Å². The average Bonchev–Trinajstić information content (AvgIpc) is 1.55. The van der Waals surface area contributed by atoms with Gasteiger partial charge in [-0.05, 0) is 305 Å². The number of fused-ring (bicyclic) bond motifs is 4. The van der Waals surface area contributed by atoms with E-state index in [9.17, 15) is 0 Å². The van der Waals surface area contributed by atoms with Crippen LogP contribution >= 0.6 is 0 Å². The molecular weight excluding hydrogens is 1610 g/mol. The summed E-state index contributed by atoms with van der Waals surface area (Å²) in [5.74, 6) is 15.3. The van der Waals surface area contributed by atoms with E-state index >= 15 is 0 Å². The third kappa shape index (κ3) is 20.5. The summed E-state index contributed by atoms with van der Waals surface area (Å²) in [7, 11) is 13.6. The fourth-order valence-corrected chi connectivity index (χ4v) is 21.4. The Labute approximate surface area is 771 Å². The minimum Gasteiger partial charge on any atom is -0.496 e. The molecule has 4 aliphatic carbocycles. The highest BCUT2D eigenvalue weighted by Crippen LogP contribution is 2.48. The molecular formula is C110H136N16O4. The summed E-state index contributed by atoms with van der Waals surface area (Å²) < 4.78 is 22.5. The van der Waals surface area contributed by atoms with E-state index in [4.69, 9.17) is 58.8 Å². The Bertz CT molecular complexity index is 5720. The minimum atomic E-state index is 0.328. The molecule has 6 saturated heterocycles. The zero-order valence-corrected chi connectivity index (χ0v) is 78.8. The van der Waals surface area contributed by atoms with Gasteiger partial charge in [0.1, 0.15) is 58.1 Å². The molecule has 8 aromatic carbocycles. The largest absolute Gasteiger partial charge is 0.496 e. The lowest BCUT2D eigenvalue weighted by atomic mass is 9.87. The number of ether oxygens (including phenoxy) is 4. The summed E-state index contributed by atoms with van der Waals surface area (Å²) in [6.07, 6.45) is 23.0. The highest BCUT2D eigenvalue weighted by atomic mass is 16.5. The van der Waals surface area contributed by atoms with Crippen molar-refractivity contribution in [2.24, 2.45) is 0 Å². The quantitative estimate of drug-likeness (QED) is 0.0560. The standard InChI is InChI=1S/2C28H34N4O.C28H36N4O.C26H32N4O/c2*1-19-5-3-4-6-24(19)20-11-14-31(15-12-20)28-25-17-22(32-16-13-23(18-32)33-2)9-10-26(25)29-27(30-28)21-7-8-21;1-4-15-31(2)19-20-9-12-25-24(18-20)28(30-27(29-25)22-10-11-22)32-16-13-21(14-17-32)23-7-5-6-8-26(23)33-3;1-29(2)17-18-8-11-23-22(16-18)26(28-25(27-23)20-9-10-20)30-14-12-19(13-15-30)21-6-4-5-7-24(21)31-3/h2*3-6,9-10,17,20-21,23H,7-8,11-16,18H2,1-2H3;5-9,12,18,21-22H,4,10-11,13-17,19H2,1-3H3;4-8,11,16,19-20H,9-10,12-15,17H2,1-3H3/t2*23-;;/m10../s1. The Morgan fingerprint density at radius 2 is 0.608 bits per heavy atom. The molecule has 22 rings (SSSR count). The maximum absolute atomic E-state index is 5.64. The van der Waals surface area contributed by atoms with Gasteiger partial charge < -0.3 is 58.1 Å². The highest BCUT2D eigenvalue weighted by Gasteiger charge is 2.37. The first kappa shape index (κ1) is 88.6. The molecule has 0 spiro atoms. The van der Waals surface area contributed by atoms with Crippen LogP contribution in [0.25, 0.3) is 43.6 Å². The van der Waals surface area contributed by atoms with E-state index in [1.165, 1.54) is 161 Å². The number of aryl methyl sites for hydroxylation is 2. The van der Waals surface area contributed by atoms with Crippen LogP contribution in [0.15, 0.2) is 170 Å². The summed E-state index contributed by atoms with van der Waals surface area (Å²) in [6, 6.07) is 61.8. The van der Waals surface area contributed by atoms with Gasteiger partial charge in [-0.3, -0.25) is 0 Å². The van der Waals surface area contributed by atoms with Gasteiger partial charge in [0.15, 0.2) is 0 Å². The van der Waals surface area contributed by atoms with Crippen molar-refractivity contribution in [1.29, 1.82) is 0 Å². The Morgan fingerprint density at radius 1 is 0.308 bits per heavy atom. The number of benzene rings is 8. The number of nitrogens with zero attached hydrogens (tertiary/aromatic N) is 16. The zero-order chi connectivity index (χ0) is 88.9. The van der Waals surface area contributed by atoms with E-state index in [0.29, 0.717) is 59.6 Å². The molecule has 10 heterocycles. The molecule has 0 radical (unpaired) electrons. The van der Waals surface area contributed by atoms with Crippen LogP contribution in [-0.2, 0) is 22.6 Å². The van der Waals surface area contributed by atoms with Crippen LogP contribution in [0.4, 0.5) is 34.6 Å². The number of anilines is 6. The lowest BCUT2D eigenvalue weighted by Gasteiger charge is -2.34. The first-order valence-electron chi connectivity index (χ1n) is 49.2. The smallest absolute Gasteiger partial charge is 0.140 e. The van der Waals surface area contributed by atoms with Gasteiger partial charge in [0.05, 0.1) is 48.5 Å². The molecule has 4 saturated carbocycles. The molecule has 0 unspecified atom stereocenters. The predicted octanol–water partition coefficient (Wildman–Crippen LogP) is 21.6. The third-order valence-electron chi connectivity index (χ3n) is 29.5. The zero-order valence-electron chi connectivity index (χ0n) is 78.8. The molecule has 0 amide bonds. The van der Waals surface area contributed by atoms with Crippen LogP contribution in [0.3, 0.4) is 0 Å². The molecule has 0 N–H and O–H groups in total. The summed E-state index contributed by atoms with van der Waals surface area (Å²) in [5, 5.41) is 4.80. The predicted molar refractivity (Wildman–Crippen MR) is 530 cm³/mol. The van der Waals surface area contributed by atoms with Gasteiger partial charge in [-0.15, -0.1) is 0 Å². The number of aromatic nitrogens is 8.